The van der Waals surface area contributed by atoms with Crippen LogP contribution in [0.4, 0.5) is 11.5 Å². The zero-order valence-electron chi connectivity index (χ0n) is 17.9. The van der Waals surface area contributed by atoms with Crippen molar-refractivity contribution in [2.45, 2.75) is 39.0 Å². The molecule has 0 saturated heterocycles. The second-order valence-electron chi connectivity index (χ2n) is 7.52. The van der Waals surface area contributed by atoms with Crippen molar-refractivity contribution in [1.29, 1.82) is 0 Å². The molecule has 4 nitrogen and oxygen atoms in total. The lowest BCUT2D eigenvalue weighted by atomic mass is 9.88. The number of pyridine rings is 1. The predicted octanol–water partition coefficient (Wildman–Crippen LogP) is 5.87. The van der Waals surface area contributed by atoms with Gasteiger partial charge < -0.3 is 10.2 Å². The number of nitrogens with one attached hydrogen (secondary N) is 1. The van der Waals surface area contributed by atoms with Gasteiger partial charge in [-0.25, -0.2) is 4.98 Å². The predicted molar refractivity (Wildman–Crippen MR) is 125 cm³/mol. The minimum absolute atomic E-state index is 0.0128. The van der Waals surface area contributed by atoms with Crippen molar-refractivity contribution < 1.29 is 4.79 Å². The molecule has 4 heteroatoms. The lowest BCUT2D eigenvalue weighted by Gasteiger charge is -2.22. The molecule has 3 aromatic rings. The van der Waals surface area contributed by atoms with E-state index >= 15 is 0 Å². The molecule has 0 radical (unpaired) electrons. The summed E-state index contributed by atoms with van der Waals surface area (Å²) >= 11 is 0. The summed E-state index contributed by atoms with van der Waals surface area (Å²) < 4.78 is 0. The molecule has 30 heavy (non-hydrogen) atoms. The summed E-state index contributed by atoms with van der Waals surface area (Å²) in [5.74, 6) is 0.966. The van der Waals surface area contributed by atoms with Crippen molar-refractivity contribution in [3.05, 3.63) is 90.1 Å². The van der Waals surface area contributed by atoms with E-state index in [9.17, 15) is 4.79 Å². The van der Waals surface area contributed by atoms with Gasteiger partial charge in [0.2, 0.25) is 5.91 Å². The normalized spacial score (nSPS) is 10.8. The third-order valence-electron chi connectivity index (χ3n) is 5.14. The number of aromatic nitrogens is 1. The Morgan fingerprint density at radius 3 is 1.90 bits per heavy atom. The standard InChI is InChI=1S/C26H31N3O/c1-3-17-29(18-4-2)25-16-15-23(20-27-25)28-26(30)19-24(21-11-7-5-8-12-21)22-13-9-6-10-14-22/h5-16,20,24H,3-4,17-19H2,1-2H3,(H,28,30). The van der Waals surface area contributed by atoms with Crippen molar-refractivity contribution in [1.82, 2.24) is 4.98 Å². The van der Waals surface area contributed by atoms with Gasteiger partial charge in [0.1, 0.15) is 5.82 Å². The molecule has 1 amide bonds. The van der Waals surface area contributed by atoms with Crippen molar-refractivity contribution in [3.8, 4) is 0 Å². The van der Waals surface area contributed by atoms with E-state index in [0.717, 1.165) is 48.6 Å². The van der Waals surface area contributed by atoms with Crippen molar-refractivity contribution in [3.63, 3.8) is 0 Å². The summed E-state index contributed by atoms with van der Waals surface area (Å²) in [5.41, 5.74) is 3.01. The Labute approximate surface area is 180 Å². The van der Waals surface area contributed by atoms with E-state index in [4.69, 9.17) is 0 Å². The van der Waals surface area contributed by atoms with Gasteiger partial charge in [-0.2, -0.15) is 0 Å². The van der Waals surface area contributed by atoms with Crippen LogP contribution in [-0.2, 0) is 4.79 Å². The first-order valence-corrected chi connectivity index (χ1v) is 10.8. The topological polar surface area (TPSA) is 45.2 Å². The fraction of sp³-hybridized carbons (Fsp3) is 0.308. The number of nitrogens with zero attached hydrogens (tertiary/aromatic N) is 2. The maximum Gasteiger partial charge on any atom is 0.225 e. The molecule has 156 valence electrons. The van der Waals surface area contributed by atoms with E-state index in [1.807, 2.05) is 48.5 Å². The van der Waals surface area contributed by atoms with Crippen molar-refractivity contribution >= 4 is 17.4 Å². The maximum atomic E-state index is 12.8. The highest BCUT2D eigenvalue weighted by Gasteiger charge is 2.18. The van der Waals surface area contributed by atoms with Crippen LogP contribution in [0.3, 0.4) is 0 Å². The Kier molecular flexibility index (Phi) is 8.02. The van der Waals surface area contributed by atoms with Crippen molar-refractivity contribution in [2.75, 3.05) is 23.3 Å². The van der Waals surface area contributed by atoms with Gasteiger partial charge in [-0.1, -0.05) is 74.5 Å². The summed E-state index contributed by atoms with van der Waals surface area (Å²) in [7, 11) is 0. The molecule has 3 rings (SSSR count). The molecule has 0 saturated carbocycles. The van der Waals surface area contributed by atoms with Crippen molar-refractivity contribution in [2.24, 2.45) is 0 Å². The molecule has 0 spiro atoms. The zero-order chi connectivity index (χ0) is 21.2. The molecular weight excluding hydrogens is 370 g/mol. The van der Waals surface area contributed by atoms with Gasteiger partial charge in [0.25, 0.3) is 0 Å². The summed E-state index contributed by atoms with van der Waals surface area (Å²) in [6.07, 6.45) is 4.31. The summed E-state index contributed by atoms with van der Waals surface area (Å²) in [6, 6.07) is 24.3. The van der Waals surface area contributed by atoms with Gasteiger partial charge in [-0.05, 0) is 36.1 Å². The second-order valence-corrected chi connectivity index (χ2v) is 7.52. The third-order valence-corrected chi connectivity index (χ3v) is 5.14. The molecule has 1 N–H and O–H groups in total. The van der Waals surface area contributed by atoms with Crippen LogP contribution in [0.15, 0.2) is 79.0 Å². The Balaban J connectivity index is 1.70. The number of carbonyl (C=O) groups is 1. The Morgan fingerprint density at radius 2 is 1.43 bits per heavy atom. The third kappa shape index (κ3) is 5.93. The molecule has 0 atom stereocenters. The molecule has 0 fully saturated rings. The number of benzene rings is 2. The van der Waals surface area contributed by atoms with Crippen LogP contribution < -0.4 is 10.2 Å². The Bertz CT molecular complexity index is 849. The molecule has 1 heterocycles. The first-order chi connectivity index (χ1) is 14.7. The van der Waals surface area contributed by atoms with Gasteiger partial charge >= 0.3 is 0 Å². The van der Waals surface area contributed by atoms with Crippen LogP contribution in [0.1, 0.15) is 50.2 Å². The van der Waals surface area contributed by atoms with Gasteiger partial charge in [0, 0.05) is 25.4 Å². The monoisotopic (exact) mass is 401 g/mol. The fourth-order valence-electron chi connectivity index (χ4n) is 3.72. The molecule has 0 bridgehead atoms. The van der Waals surface area contributed by atoms with Crippen LogP contribution in [-0.4, -0.2) is 24.0 Å². The van der Waals surface area contributed by atoms with Gasteiger partial charge in [-0.3, -0.25) is 4.79 Å². The molecule has 0 aliphatic heterocycles. The number of rotatable bonds is 10. The largest absolute Gasteiger partial charge is 0.357 e. The summed E-state index contributed by atoms with van der Waals surface area (Å²) in [4.78, 5) is 19.7. The van der Waals surface area contributed by atoms with Gasteiger partial charge in [-0.15, -0.1) is 0 Å². The first-order valence-electron chi connectivity index (χ1n) is 10.8. The number of amides is 1. The van der Waals surface area contributed by atoms with Crippen LogP contribution in [0.25, 0.3) is 0 Å². The Hall–Kier alpha value is -3.14. The molecule has 0 aliphatic carbocycles. The summed E-state index contributed by atoms with van der Waals surface area (Å²) in [5, 5.41) is 3.02. The maximum absolute atomic E-state index is 12.8. The van der Waals surface area contributed by atoms with Gasteiger partial charge in [0.05, 0.1) is 11.9 Å². The SMILES string of the molecule is CCCN(CCC)c1ccc(NC(=O)CC(c2ccccc2)c2ccccc2)cn1. The lowest BCUT2D eigenvalue weighted by Crippen LogP contribution is -2.25. The number of hydrogen-bond donors (Lipinski definition) is 1. The van der Waals surface area contributed by atoms with Crippen LogP contribution in [0.2, 0.25) is 0 Å². The van der Waals surface area contributed by atoms with Crippen LogP contribution in [0, 0.1) is 0 Å². The number of hydrogen-bond acceptors (Lipinski definition) is 3. The molecule has 2 aromatic carbocycles. The van der Waals surface area contributed by atoms with E-state index in [1.165, 1.54) is 0 Å². The van der Waals surface area contributed by atoms with Crippen LogP contribution >= 0.6 is 0 Å². The quantitative estimate of drug-likeness (QED) is 0.462. The van der Waals surface area contributed by atoms with Crippen LogP contribution in [0.5, 0.6) is 0 Å². The molecule has 0 unspecified atom stereocenters. The molecular formula is C26H31N3O. The van der Waals surface area contributed by atoms with E-state index < -0.39 is 0 Å². The average molecular weight is 402 g/mol. The highest BCUT2D eigenvalue weighted by Crippen LogP contribution is 2.28. The minimum Gasteiger partial charge on any atom is -0.357 e. The zero-order valence-corrected chi connectivity index (χ0v) is 17.9. The first kappa shape index (κ1) is 21.6. The van der Waals surface area contributed by atoms with E-state index in [2.05, 4.69) is 53.3 Å². The Morgan fingerprint density at radius 1 is 0.867 bits per heavy atom. The van der Waals surface area contributed by atoms with E-state index in [0.29, 0.717) is 6.42 Å². The van der Waals surface area contributed by atoms with E-state index in [1.54, 1.807) is 6.20 Å². The number of carbonyl (C=O) groups excluding carboxylic acids is 1. The smallest absolute Gasteiger partial charge is 0.225 e. The van der Waals surface area contributed by atoms with E-state index in [-0.39, 0.29) is 11.8 Å². The average Bonchev–Trinajstić information content (AvgIpc) is 2.79. The minimum atomic E-state index is -0.0128. The molecule has 0 aliphatic rings. The second kappa shape index (κ2) is 11.1. The highest BCUT2D eigenvalue weighted by molar-refractivity contribution is 5.91. The molecule has 1 aromatic heterocycles. The fourth-order valence-corrected chi connectivity index (χ4v) is 3.72. The lowest BCUT2D eigenvalue weighted by molar-refractivity contribution is -0.116. The summed E-state index contributed by atoms with van der Waals surface area (Å²) in [6.45, 7) is 6.32. The number of anilines is 2. The van der Waals surface area contributed by atoms with Gasteiger partial charge in [0.15, 0.2) is 0 Å². The highest BCUT2D eigenvalue weighted by atomic mass is 16.1.